The highest BCUT2D eigenvalue weighted by atomic mass is 14.9. The molecule has 0 saturated heterocycles. The second-order valence-electron chi connectivity index (χ2n) is 3.72. The molecule has 0 amide bonds. The van der Waals surface area contributed by atoms with Crippen molar-refractivity contribution in [1.82, 2.24) is 5.32 Å². The molecule has 0 aliphatic rings. The summed E-state index contributed by atoms with van der Waals surface area (Å²) in [6.07, 6.45) is 13.4. The molecule has 0 bridgehead atoms. The van der Waals surface area contributed by atoms with Crippen LogP contribution < -0.4 is 11.1 Å². The van der Waals surface area contributed by atoms with E-state index in [2.05, 4.69) is 19.2 Å². The Bertz CT molecular complexity index is 223. The second kappa shape index (κ2) is 9.38. The van der Waals surface area contributed by atoms with Gasteiger partial charge in [0.1, 0.15) is 0 Å². The third-order valence-corrected chi connectivity index (χ3v) is 2.14. The van der Waals surface area contributed by atoms with Crippen molar-refractivity contribution in [2.75, 3.05) is 0 Å². The largest absolute Gasteiger partial charge is 0.402 e. The van der Waals surface area contributed by atoms with Crippen LogP contribution in [0.25, 0.3) is 0 Å². The molecule has 0 aliphatic heterocycles. The fourth-order valence-corrected chi connectivity index (χ4v) is 1.27. The van der Waals surface area contributed by atoms with Gasteiger partial charge >= 0.3 is 0 Å². The van der Waals surface area contributed by atoms with Crippen molar-refractivity contribution in [3.05, 3.63) is 36.2 Å². The lowest BCUT2D eigenvalue weighted by molar-refractivity contribution is 0.520. The van der Waals surface area contributed by atoms with Gasteiger partial charge in [0.2, 0.25) is 0 Å². The van der Waals surface area contributed by atoms with Crippen LogP contribution in [-0.2, 0) is 0 Å². The summed E-state index contributed by atoms with van der Waals surface area (Å²) in [4.78, 5) is 0. The Labute approximate surface area is 93.9 Å². The molecule has 0 heterocycles. The van der Waals surface area contributed by atoms with Crippen LogP contribution in [0.3, 0.4) is 0 Å². The molecule has 1 atom stereocenters. The van der Waals surface area contributed by atoms with Crippen molar-refractivity contribution in [1.29, 1.82) is 0 Å². The molecule has 0 spiro atoms. The topological polar surface area (TPSA) is 38.0 Å². The summed E-state index contributed by atoms with van der Waals surface area (Å²) in [7, 11) is 0. The van der Waals surface area contributed by atoms with Gasteiger partial charge in [0, 0.05) is 11.7 Å². The van der Waals surface area contributed by atoms with Crippen molar-refractivity contribution >= 4 is 0 Å². The lowest BCUT2D eigenvalue weighted by Crippen LogP contribution is -2.22. The standard InChI is InChI=1S/C13H24N2/c1-4-9-13(5-2)15-11-8-6-7-10-12(3)14/h6-8,10-11,13,15H,4-5,9,14H2,1-3H3/b7-6-,11-8+,12-10+. The van der Waals surface area contributed by atoms with Crippen LogP contribution >= 0.6 is 0 Å². The minimum Gasteiger partial charge on any atom is -0.402 e. The second-order valence-corrected chi connectivity index (χ2v) is 3.72. The summed E-state index contributed by atoms with van der Waals surface area (Å²) in [6.45, 7) is 6.29. The minimum absolute atomic E-state index is 0.603. The van der Waals surface area contributed by atoms with Crippen LogP contribution in [0.15, 0.2) is 36.2 Å². The van der Waals surface area contributed by atoms with Gasteiger partial charge in [-0.15, -0.1) is 0 Å². The van der Waals surface area contributed by atoms with Gasteiger partial charge in [0.05, 0.1) is 0 Å². The van der Waals surface area contributed by atoms with Gasteiger partial charge in [0.15, 0.2) is 0 Å². The van der Waals surface area contributed by atoms with Crippen molar-refractivity contribution in [2.45, 2.75) is 46.1 Å². The van der Waals surface area contributed by atoms with Crippen molar-refractivity contribution in [2.24, 2.45) is 5.73 Å². The fourth-order valence-electron chi connectivity index (χ4n) is 1.27. The van der Waals surface area contributed by atoms with E-state index in [9.17, 15) is 0 Å². The molecule has 15 heavy (non-hydrogen) atoms. The van der Waals surface area contributed by atoms with Crippen LogP contribution in [0.5, 0.6) is 0 Å². The third kappa shape index (κ3) is 9.13. The molecule has 0 saturated carbocycles. The molecule has 0 aromatic carbocycles. The molecule has 86 valence electrons. The van der Waals surface area contributed by atoms with Crippen molar-refractivity contribution in [3.63, 3.8) is 0 Å². The van der Waals surface area contributed by atoms with E-state index in [1.54, 1.807) is 0 Å². The molecular formula is C13H24N2. The lowest BCUT2D eigenvalue weighted by Gasteiger charge is -2.13. The first-order valence-electron chi connectivity index (χ1n) is 5.72. The summed E-state index contributed by atoms with van der Waals surface area (Å²) in [5, 5.41) is 3.37. The molecular weight excluding hydrogens is 184 g/mol. The van der Waals surface area contributed by atoms with Gasteiger partial charge in [-0.1, -0.05) is 32.4 Å². The SMILES string of the molecule is CCCC(CC)N/C=C/C=C\C=C(/C)N. The Morgan fingerprint density at radius 2 is 2.00 bits per heavy atom. The predicted molar refractivity (Wildman–Crippen MR) is 68.3 cm³/mol. The highest BCUT2D eigenvalue weighted by Crippen LogP contribution is 2.00. The third-order valence-electron chi connectivity index (χ3n) is 2.14. The van der Waals surface area contributed by atoms with Gasteiger partial charge in [-0.05, 0) is 38.1 Å². The molecule has 0 rings (SSSR count). The summed E-state index contributed by atoms with van der Waals surface area (Å²) >= 11 is 0. The van der Waals surface area contributed by atoms with Crippen LogP contribution in [0.4, 0.5) is 0 Å². The number of hydrogen-bond donors (Lipinski definition) is 2. The maximum atomic E-state index is 5.49. The summed E-state index contributed by atoms with van der Waals surface area (Å²) in [6, 6.07) is 0.603. The van der Waals surface area contributed by atoms with Crippen molar-refractivity contribution in [3.8, 4) is 0 Å². The van der Waals surface area contributed by atoms with Gasteiger partial charge in [0.25, 0.3) is 0 Å². The van der Waals surface area contributed by atoms with Crippen LogP contribution in [-0.4, -0.2) is 6.04 Å². The Morgan fingerprint density at radius 3 is 2.53 bits per heavy atom. The Hall–Kier alpha value is -1.18. The maximum Gasteiger partial charge on any atom is 0.0253 e. The van der Waals surface area contributed by atoms with E-state index in [0.29, 0.717) is 6.04 Å². The zero-order chi connectivity index (χ0) is 11.5. The highest BCUT2D eigenvalue weighted by molar-refractivity contribution is 5.13. The van der Waals surface area contributed by atoms with E-state index in [4.69, 9.17) is 5.73 Å². The molecule has 3 N–H and O–H groups in total. The monoisotopic (exact) mass is 208 g/mol. The van der Waals surface area contributed by atoms with Gasteiger partial charge in [-0.2, -0.15) is 0 Å². The molecule has 2 nitrogen and oxygen atoms in total. The van der Waals surface area contributed by atoms with E-state index < -0.39 is 0 Å². The molecule has 0 aromatic heterocycles. The zero-order valence-electron chi connectivity index (χ0n) is 10.2. The molecule has 0 aromatic rings. The highest BCUT2D eigenvalue weighted by Gasteiger charge is 1.99. The van der Waals surface area contributed by atoms with Crippen LogP contribution in [0.1, 0.15) is 40.0 Å². The van der Waals surface area contributed by atoms with Gasteiger partial charge in [-0.25, -0.2) is 0 Å². The maximum absolute atomic E-state index is 5.49. The first-order valence-corrected chi connectivity index (χ1v) is 5.72. The summed E-state index contributed by atoms with van der Waals surface area (Å²) in [5.41, 5.74) is 6.31. The minimum atomic E-state index is 0.603. The first kappa shape index (κ1) is 13.8. The number of nitrogens with two attached hydrogens (primary N) is 1. The Balaban J connectivity index is 3.77. The predicted octanol–water partition coefficient (Wildman–Crippen LogP) is 3.09. The number of allylic oxidation sites excluding steroid dienone is 5. The van der Waals surface area contributed by atoms with E-state index in [1.807, 2.05) is 37.4 Å². The van der Waals surface area contributed by atoms with E-state index in [1.165, 1.54) is 19.3 Å². The molecule has 0 aliphatic carbocycles. The average molecular weight is 208 g/mol. The summed E-state index contributed by atoms with van der Waals surface area (Å²) in [5.74, 6) is 0. The Morgan fingerprint density at radius 1 is 1.27 bits per heavy atom. The van der Waals surface area contributed by atoms with E-state index in [-0.39, 0.29) is 0 Å². The zero-order valence-corrected chi connectivity index (χ0v) is 10.2. The molecule has 0 fully saturated rings. The van der Waals surface area contributed by atoms with Gasteiger partial charge < -0.3 is 11.1 Å². The molecule has 0 radical (unpaired) electrons. The number of rotatable bonds is 7. The quantitative estimate of drug-likeness (QED) is 0.631. The summed E-state index contributed by atoms with van der Waals surface area (Å²) < 4.78 is 0. The van der Waals surface area contributed by atoms with E-state index >= 15 is 0 Å². The number of hydrogen-bond acceptors (Lipinski definition) is 2. The van der Waals surface area contributed by atoms with E-state index in [0.717, 1.165) is 5.70 Å². The van der Waals surface area contributed by atoms with Crippen molar-refractivity contribution < 1.29 is 0 Å². The van der Waals surface area contributed by atoms with Gasteiger partial charge in [-0.3, -0.25) is 0 Å². The molecule has 2 heteroatoms. The molecule has 1 unspecified atom stereocenters. The Kier molecular flexibility index (Phi) is 8.64. The van der Waals surface area contributed by atoms with Crippen LogP contribution in [0.2, 0.25) is 0 Å². The first-order chi connectivity index (χ1) is 7.20. The average Bonchev–Trinajstić information content (AvgIpc) is 2.21. The fraction of sp³-hybridized carbons (Fsp3) is 0.538. The lowest BCUT2D eigenvalue weighted by atomic mass is 10.1. The number of nitrogens with one attached hydrogen (secondary N) is 1. The van der Waals surface area contributed by atoms with Crippen LogP contribution in [0, 0.1) is 0 Å². The smallest absolute Gasteiger partial charge is 0.0253 e. The normalized spacial score (nSPS) is 15.0.